The second-order valence-corrected chi connectivity index (χ2v) is 4.49. The standard InChI is InChI=1S/C12H12F2N4O/c13-10-1-2-11(14)9(4-10)7-18-6-8(3-12(18)19)5-16-17-15/h1-2,4,8H,3,5-7H2. The molecule has 1 atom stereocenters. The van der Waals surface area contributed by atoms with Crippen LogP contribution >= 0.6 is 0 Å². The minimum absolute atomic E-state index is 0.0369. The Kier molecular flexibility index (Phi) is 3.97. The van der Waals surface area contributed by atoms with Crippen LogP contribution in [0.15, 0.2) is 23.3 Å². The Hall–Kier alpha value is -2.14. The zero-order valence-electron chi connectivity index (χ0n) is 10.1. The van der Waals surface area contributed by atoms with Gasteiger partial charge in [-0.1, -0.05) is 5.11 Å². The van der Waals surface area contributed by atoms with Crippen molar-refractivity contribution in [3.05, 3.63) is 45.8 Å². The van der Waals surface area contributed by atoms with Crippen LogP contribution in [0.3, 0.4) is 0 Å². The van der Waals surface area contributed by atoms with Gasteiger partial charge in [0.1, 0.15) is 11.6 Å². The molecule has 19 heavy (non-hydrogen) atoms. The molecule has 7 heteroatoms. The average Bonchev–Trinajstić information content (AvgIpc) is 2.72. The highest BCUT2D eigenvalue weighted by atomic mass is 19.1. The molecular formula is C12H12F2N4O. The minimum Gasteiger partial charge on any atom is -0.338 e. The molecule has 1 aliphatic rings. The second kappa shape index (κ2) is 5.67. The Morgan fingerprint density at radius 2 is 2.26 bits per heavy atom. The van der Waals surface area contributed by atoms with Crippen LogP contribution in [0.2, 0.25) is 0 Å². The molecule has 0 aromatic heterocycles. The van der Waals surface area contributed by atoms with Crippen molar-refractivity contribution in [3.63, 3.8) is 0 Å². The van der Waals surface area contributed by atoms with Crippen LogP contribution in [0.4, 0.5) is 8.78 Å². The van der Waals surface area contributed by atoms with Crippen molar-refractivity contribution in [2.75, 3.05) is 13.1 Å². The highest BCUT2D eigenvalue weighted by molar-refractivity contribution is 5.78. The molecule has 1 unspecified atom stereocenters. The normalized spacial score (nSPS) is 18.5. The van der Waals surface area contributed by atoms with E-state index in [9.17, 15) is 13.6 Å². The van der Waals surface area contributed by atoms with Gasteiger partial charge in [0, 0.05) is 36.5 Å². The first-order chi connectivity index (χ1) is 9.10. The monoisotopic (exact) mass is 266 g/mol. The smallest absolute Gasteiger partial charge is 0.223 e. The minimum atomic E-state index is -0.535. The lowest BCUT2D eigenvalue weighted by atomic mass is 10.1. The molecule has 1 saturated heterocycles. The summed E-state index contributed by atoms with van der Waals surface area (Å²) in [5.74, 6) is -1.26. The van der Waals surface area contributed by atoms with Gasteiger partial charge in [-0.2, -0.15) is 0 Å². The van der Waals surface area contributed by atoms with Crippen LogP contribution in [0.5, 0.6) is 0 Å². The van der Waals surface area contributed by atoms with E-state index >= 15 is 0 Å². The van der Waals surface area contributed by atoms with E-state index in [1.165, 1.54) is 4.90 Å². The molecule has 1 aliphatic heterocycles. The van der Waals surface area contributed by atoms with Gasteiger partial charge in [0.05, 0.1) is 0 Å². The van der Waals surface area contributed by atoms with Gasteiger partial charge in [0.2, 0.25) is 5.91 Å². The van der Waals surface area contributed by atoms with Crippen molar-refractivity contribution in [3.8, 4) is 0 Å². The number of carbonyl (C=O) groups excluding carboxylic acids is 1. The first-order valence-corrected chi connectivity index (χ1v) is 5.82. The topological polar surface area (TPSA) is 69.1 Å². The molecule has 1 heterocycles. The quantitative estimate of drug-likeness (QED) is 0.469. The predicted molar refractivity (Wildman–Crippen MR) is 63.9 cm³/mol. The first-order valence-electron chi connectivity index (χ1n) is 5.82. The molecule has 0 spiro atoms. The van der Waals surface area contributed by atoms with Gasteiger partial charge in [0.15, 0.2) is 0 Å². The Labute approximate surface area is 108 Å². The zero-order valence-corrected chi connectivity index (χ0v) is 10.1. The Balaban J connectivity index is 2.05. The maximum Gasteiger partial charge on any atom is 0.223 e. The molecule has 2 rings (SSSR count). The SMILES string of the molecule is [N-]=[N+]=NCC1CC(=O)N(Cc2cc(F)ccc2F)C1. The summed E-state index contributed by atoms with van der Waals surface area (Å²) in [6.45, 7) is 0.674. The van der Waals surface area contributed by atoms with Crippen LogP contribution in [0, 0.1) is 17.6 Å². The summed E-state index contributed by atoms with van der Waals surface area (Å²) >= 11 is 0. The third kappa shape index (κ3) is 3.20. The van der Waals surface area contributed by atoms with Crippen molar-refractivity contribution in [2.45, 2.75) is 13.0 Å². The van der Waals surface area contributed by atoms with E-state index in [1.807, 2.05) is 0 Å². The fourth-order valence-electron chi connectivity index (χ4n) is 2.15. The number of halogens is 2. The molecular weight excluding hydrogens is 254 g/mol. The molecule has 0 bridgehead atoms. The third-order valence-corrected chi connectivity index (χ3v) is 3.07. The lowest BCUT2D eigenvalue weighted by Gasteiger charge is -2.16. The number of hydrogen-bond donors (Lipinski definition) is 0. The van der Waals surface area contributed by atoms with Crippen LogP contribution in [0.1, 0.15) is 12.0 Å². The fourth-order valence-corrected chi connectivity index (χ4v) is 2.15. The van der Waals surface area contributed by atoms with Crippen LogP contribution in [-0.2, 0) is 11.3 Å². The lowest BCUT2D eigenvalue weighted by Crippen LogP contribution is -2.25. The van der Waals surface area contributed by atoms with Crippen molar-refractivity contribution in [1.29, 1.82) is 0 Å². The van der Waals surface area contributed by atoms with Crippen LogP contribution < -0.4 is 0 Å². The summed E-state index contributed by atoms with van der Waals surface area (Å²) in [4.78, 5) is 15.8. The molecule has 1 aromatic rings. The van der Waals surface area contributed by atoms with E-state index in [0.717, 1.165) is 18.2 Å². The molecule has 5 nitrogen and oxygen atoms in total. The molecule has 1 aromatic carbocycles. The van der Waals surface area contributed by atoms with Gasteiger partial charge < -0.3 is 4.90 Å². The summed E-state index contributed by atoms with van der Waals surface area (Å²) < 4.78 is 26.5. The molecule has 0 aliphatic carbocycles. The van der Waals surface area contributed by atoms with Gasteiger partial charge in [-0.3, -0.25) is 4.79 Å². The number of carbonyl (C=O) groups is 1. The molecule has 1 fully saturated rings. The Bertz CT molecular complexity index is 543. The van der Waals surface area contributed by atoms with E-state index in [4.69, 9.17) is 5.53 Å². The Morgan fingerprint density at radius 1 is 1.47 bits per heavy atom. The summed E-state index contributed by atoms with van der Waals surface area (Å²) in [7, 11) is 0. The maximum absolute atomic E-state index is 13.5. The first kappa shape index (κ1) is 13.3. The number of nitrogens with zero attached hydrogens (tertiary/aromatic N) is 4. The fraction of sp³-hybridized carbons (Fsp3) is 0.417. The number of likely N-dealkylation sites (tertiary alicyclic amines) is 1. The second-order valence-electron chi connectivity index (χ2n) is 4.49. The highest BCUT2D eigenvalue weighted by Gasteiger charge is 2.29. The lowest BCUT2D eigenvalue weighted by molar-refractivity contribution is -0.128. The van der Waals surface area contributed by atoms with E-state index < -0.39 is 11.6 Å². The Morgan fingerprint density at radius 3 is 3.00 bits per heavy atom. The molecule has 0 N–H and O–H groups in total. The van der Waals surface area contributed by atoms with Crippen LogP contribution in [0.25, 0.3) is 10.4 Å². The average molecular weight is 266 g/mol. The predicted octanol–water partition coefficient (Wildman–Crippen LogP) is 2.62. The molecule has 1 amide bonds. The van der Waals surface area contributed by atoms with Crippen molar-refractivity contribution >= 4 is 5.91 Å². The third-order valence-electron chi connectivity index (χ3n) is 3.07. The molecule has 0 saturated carbocycles. The number of amides is 1. The number of azide groups is 1. The van der Waals surface area contributed by atoms with E-state index in [0.29, 0.717) is 6.54 Å². The van der Waals surface area contributed by atoms with Crippen LogP contribution in [-0.4, -0.2) is 23.9 Å². The van der Waals surface area contributed by atoms with Gasteiger partial charge in [-0.25, -0.2) is 8.78 Å². The van der Waals surface area contributed by atoms with Gasteiger partial charge in [0.25, 0.3) is 0 Å². The number of rotatable bonds is 4. The maximum atomic E-state index is 13.5. The number of benzene rings is 1. The number of hydrogen-bond acceptors (Lipinski definition) is 2. The summed E-state index contributed by atoms with van der Waals surface area (Å²) in [6.07, 6.45) is 0.274. The van der Waals surface area contributed by atoms with Crippen molar-refractivity contribution in [1.82, 2.24) is 4.90 Å². The molecule has 0 radical (unpaired) electrons. The summed E-state index contributed by atoms with van der Waals surface area (Å²) in [5.41, 5.74) is 8.38. The summed E-state index contributed by atoms with van der Waals surface area (Å²) in [5, 5.41) is 3.43. The van der Waals surface area contributed by atoms with Gasteiger partial charge >= 0.3 is 0 Å². The van der Waals surface area contributed by atoms with Crippen molar-refractivity contribution < 1.29 is 13.6 Å². The van der Waals surface area contributed by atoms with Gasteiger partial charge in [-0.05, 0) is 29.6 Å². The molecule has 100 valence electrons. The van der Waals surface area contributed by atoms with E-state index in [1.54, 1.807) is 0 Å². The highest BCUT2D eigenvalue weighted by Crippen LogP contribution is 2.22. The largest absolute Gasteiger partial charge is 0.338 e. The summed E-state index contributed by atoms with van der Waals surface area (Å²) in [6, 6.07) is 3.17. The van der Waals surface area contributed by atoms with Crippen molar-refractivity contribution in [2.24, 2.45) is 11.0 Å². The zero-order chi connectivity index (χ0) is 13.8. The van der Waals surface area contributed by atoms with Gasteiger partial charge in [-0.15, -0.1) is 0 Å². The van der Waals surface area contributed by atoms with E-state index in [2.05, 4.69) is 10.0 Å². The van der Waals surface area contributed by atoms with E-state index in [-0.39, 0.29) is 36.9 Å².